The minimum atomic E-state index is -1.71. The Bertz CT molecular complexity index is 1280. The number of unbranched alkanes of at least 4 members (excludes halogenated alkanes) is 24. The molecule has 0 aromatic carbocycles. The van der Waals surface area contributed by atoms with Crippen LogP contribution < -0.4 is 0 Å². The van der Waals surface area contributed by atoms with Crippen LogP contribution in [0.5, 0.6) is 0 Å². The van der Waals surface area contributed by atoms with Crippen molar-refractivity contribution in [2.45, 2.75) is 274 Å². The molecule has 11 atom stereocenters. The lowest BCUT2D eigenvalue weighted by atomic mass is 9.98. The van der Waals surface area contributed by atoms with Crippen molar-refractivity contribution in [3.63, 3.8) is 0 Å². The molecule has 0 aromatic rings. The topological polar surface area (TPSA) is 214 Å². The molecular weight excluding hydrogens is 885 g/mol. The molecule has 2 heterocycles. The number of rotatable bonds is 44. The van der Waals surface area contributed by atoms with Crippen molar-refractivity contribution in [3.05, 3.63) is 36.5 Å². The number of hydrogen-bond donors (Lipinski definition) is 7. The first-order chi connectivity index (χ1) is 33.6. The normalized spacial score (nSPS) is 25.9. The minimum Gasteiger partial charge on any atom is -0.457 e. The lowest BCUT2D eigenvalue weighted by Crippen LogP contribution is -2.61. The average Bonchev–Trinajstić information content (AvgIpc) is 3.35. The van der Waals surface area contributed by atoms with Gasteiger partial charge in [-0.1, -0.05) is 172 Å². The molecule has 0 bridgehead atoms. The molecule has 0 aliphatic carbocycles. The highest BCUT2D eigenvalue weighted by atomic mass is 16.7. The number of carbonyl (C=O) groups excluding carboxylic acids is 1. The van der Waals surface area contributed by atoms with Crippen molar-refractivity contribution in [1.29, 1.82) is 0 Å². The maximum Gasteiger partial charge on any atom is 0.306 e. The zero-order valence-corrected chi connectivity index (χ0v) is 43.1. The largest absolute Gasteiger partial charge is 0.457 e. The fraction of sp³-hybridized carbons (Fsp3) is 0.873. The second kappa shape index (κ2) is 42.7. The van der Waals surface area contributed by atoms with Gasteiger partial charge in [0.15, 0.2) is 12.6 Å². The fourth-order valence-corrected chi connectivity index (χ4v) is 8.61. The van der Waals surface area contributed by atoms with E-state index in [1.807, 2.05) is 0 Å². The molecule has 7 N–H and O–H groups in total. The summed E-state index contributed by atoms with van der Waals surface area (Å²) in [5.41, 5.74) is 0. The lowest BCUT2D eigenvalue weighted by Gasteiger charge is -2.42. The van der Waals surface area contributed by atoms with Crippen LogP contribution in [-0.4, -0.2) is 142 Å². The Labute approximate surface area is 417 Å². The van der Waals surface area contributed by atoms with Crippen molar-refractivity contribution in [1.82, 2.24) is 0 Å². The van der Waals surface area contributed by atoms with Gasteiger partial charge >= 0.3 is 5.97 Å². The number of aliphatic hydroxyl groups excluding tert-OH is 7. The highest BCUT2D eigenvalue weighted by Gasteiger charge is 2.47. The molecule has 0 spiro atoms. The second-order valence-corrected chi connectivity index (χ2v) is 19.4. The SMILES string of the molecule is CCC/C=C\C/C=C\CCCCCCCCOCC(COC1OC(COC2OC(CO)C(O)C(O)C2O)C(O)C(O)C1O)OC(=O)CCCCCCCCCCC/C=C\CCCCCCCCCC. The Morgan fingerprint density at radius 1 is 0.478 bits per heavy atom. The molecule has 2 aliphatic rings. The maximum atomic E-state index is 13.0. The van der Waals surface area contributed by atoms with Crippen LogP contribution in [0.3, 0.4) is 0 Å². The maximum absolute atomic E-state index is 13.0. The standard InChI is InChI=1S/C55H100O14/c1-3-5-7-9-11-13-15-17-19-20-21-22-23-24-25-26-28-30-32-34-36-38-47(57)67-44(41-64-39-37-35-33-31-29-27-18-16-14-12-10-8-6-4-2)42-65-54-53(63)51(61)49(59)46(69-54)43-66-55-52(62)50(60)48(58)45(40-56)68-55/h8,10,14,16,20-21,44-46,48-56,58-63H,3-7,9,11-13,15,17-19,22-43H2,1-2H3/b10-8-,16-14-,21-20-. The van der Waals surface area contributed by atoms with Crippen LogP contribution in [0.15, 0.2) is 36.5 Å². The van der Waals surface area contributed by atoms with Crippen molar-refractivity contribution in [3.8, 4) is 0 Å². The molecule has 2 fully saturated rings. The summed E-state index contributed by atoms with van der Waals surface area (Å²) in [5, 5.41) is 72.2. The molecule has 2 rings (SSSR count). The molecular formula is C55H100O14. The molecule has 0 amide bonds. The summed E-state index contributed by atoms with van der Waals surface area (Å²) in [7, 11) is 0. The lowest BCUT2D eigenvalue weighted by molar-refractivity contribution is -0.332. The number of allylic oxidation sites excluding steroid dienone is 6. The molecule has 404 valence electrons. The van der Waals surface area contributed by atoms with Gasteiger partial charge in [0.25, 0.3) is 0 Å². The Kier molecular flexibility index (Phi) is 39.2. The molecule has 14 nitrogen and oxygen atoms in total. The summed E-state index contributed by atoms with van der Waals surface area (Å²) >= 11 is 0. The predicted octanol–water partition coefficient (Wildman–Crippen LogP) is 8.97. The summed E-state index contributed by atoms with van der Waals surface area (Å²) in [4.78, 5) is 13.0. The van der Waals surface area contributed by atoms with E-state index in [0.717, 1.165) is 64.2 Å². The molecule has 14 heteroatoms. The highest BCUT2D eigenvalue weighted by molar-refractivity contribution is 5.69. The van der Waals surface area contributed by atoms with Gasteiger partial charge < -0.3 is 64.2 Å². The van der Waals surface area contributed by atoms with Crippen molar-refractivity contribution >= 4 is 5.97 Å². The summed E-state index contributed by atoms with van der Waals surface area (Å²) in [6.45, 7) is 3.61. The van der Waals surface area contributed by atoms with E-state index >= 15 is 0 Å². The third-order valence-corrected chi connectivity index (χ3v) is 13.1. The summed E-state index contributed by atoms with van der Waals surface area (Å²) in [5.74, 6) is -0.381. The first-order valence-corrected chi connectivity index (χ1v) is 27.6. The number of hydrogen-bond acceptors (Lipinski definition) is 14. The summed E-state index contributed by atoms with van der Waals surface area (Å²) in [6, 6.07) is 0. The van der Waals surface area contributed by atoms with E-state index in [4.69, 9.17) is 28.4 Å². The van der Waals surface area contributed by atoms with Crippen LogP contribution in [0.1, 0.15) is 206 Å². The van der Waals surface area contributed by atoms with Gasteiger partial charge in [-0.2, -0.15) is 0 Å². The van der Waals surface area contributed by atoms with Crippen LogP contribution in [0.25, 0.3) is 0 Å². The van der Waals surface area contributed by atoms with Gasteiger partial charge in [-0.15, -0.1) is 0 Å². The molecule has 11 unspecified atom stereocenters. The number of aliphatic hydroxyl groups is 7. The first kappa shape index (κ1) is 63.3. The molecule has 2 aliphatic heterocycles. The molecule has 0 saturated carbocycles. The smallest absolute Gasteiger partial charge is 0.306 e. The quantitative estimate of drug-likeness (QED) is 0.0173. The van der Waals surface area contributed by atoms with Crippen LogP contribution in [0, 0.1) is 0 Å². The molecule has 0 radical (unpaired) electrons. The third kappa shape index (κ3) is 30.1. The van der Waals surface area contributed by atoms with Crippen LogP contribution in [0.2, 0.25) is 0 Å². The van der Waals surface area contributed by atoms with Gasteiger partial charge in [-0.05, 0) is 64.2 Å². The number of ether oxygens (including phenoxy) is 6. The van der Waals surface area contributed by atoms with Gasteiger partial charge in [0.2, 0.25) is 0 Å². The molecule has 69 heavy (non-hydrogen) atoms. The van der Waals surface area contributed by atoms with Gasteiger partial charge in [-0.3, -0.25) is 4.79 Å². The Morgan fingerprint density at radius 2 is 0.928 bits per heavy atom. The van der Waals surface area contributed by atoms with Crippen molar-refractivity contribution < 1.29 is 69.0 Å². The van der Waals surface area contributed by atoms with E-state index in [2.05, 4.69) is 50.3 Å². The van der Waals surface area contributed by atoms with Crippen LogP contribution in [-0.2, 0) is 33.2 Å². The number of carbonyl (C=O) groups is 1. The third-order valence-electron chi connectivity index (χ3n) is 13.1. The highest BCUT2D eigenvalue weighted by Crippen LogP contribution is 2.26. The zero-order valence-electron chi connectivity index (χ0n) is 43.1. The Hall–Kier alpha value is -1.79. The van der Waals surface area contributed by atoms with E-state index in [1.165, 1.54) is 116 Å². The van der Waals surface area contributed by atoms with E-state index in [9.17, 15) is 40.5 Å². The van der Waals surface area contributed by atoms with Gasteiger partial charge in [-0.25, -0.2) is 0 Å². The van der Waals surface area contributed by atoms with E-state index in [0.29, 0.717) is 13.0 Å². The van der Waals surface area contributed by atoms with Crippen molar-refractivity contribution in [2.75, 3.05) is 33.0 Å². The van der Waals surface area contributed by atoms with Gasteiger partial charge in [0, 0.05) is 13.0 Å². The summed E-state index contributed by atoms with van der Waals surface area (Å²) < 4.78 is 34.3. The van der Waals surface area contributed by atoms with Crippen molar-refractivity contribution in [2.24, 2.45) is 0 Å². The molecule has 2 saturated heterocycles. The molecule has 0 aromatic heterocycles. The van der Waals surface area contributed by atoms with Crippen LogP contribution in [0.4, 0.5) is 0 Å². The monoisotopic (exact) mass is 985 g/mol. The predicted molar refractivity (Wildman–Crippen MR) is 270 cm³/mol. The zero-order chi connectivity index (χ0) is 50.2. The van der Waals surface area contributed by atoms with Crippen LogP contribution >= 0.6 is 0 Å². The Balaban J connectivity index is 1.73. The first-order valence-electron chi connectivity index (χ1n) is 27.6. The van der Waals surface area contributed by atoms with E-state index < -0.39 is 80.7 Å². The Morgan fingerprint density at radius 3 is 1.46 bits per heavy atom. The van der Waals surface area contributed by atoms with E-state index in [1.54, 1.807) is 0 Å². The second-order valence-electron chi connectivity index (χ2n) is 19.4. The number of esters is 1. The fourth-order valence-electron chi connectivity index (χ4n) is 8.61. The van der Waals surface area contributed by atoms with Gasteiger partial charge in [0.05, 0.1) is 26.4 Å². The average molecular weight is 985 g/mol. The summed E-state index contributed by atoms with van der Waals surface area (Å²) in [6.07, 6.45) is 32.0. The minimum absolute atomic E-state index is 0.0545. The van der Waals surface area contributed by atoms with Gasteiger partial charge in [0.1, 0.15) is 54.9 Å². The van der Waals surface area contributed by atoms with E-state index in [-0.39, 0.29) is 25.6 Å².